The maximum Gasteiger partial charge on any atom is 0.0771 e. The van der Waals surface area contributed by atoms with Gasteiger partial charge in [-0.15, -0.1) is 0 Å². The standard InChI is InChI=1S/C15H21Br2NO/c1-11-4-6-15(19,7-5-11)10-18-9-12-2-3-13(16)14(17)8-12/h2-3,8,11,18-19H,4-7,9-10H2,1H3. The molecule has 0 bridgehead atoms. The molecular weight excluding hydrogens is 370 g/mol. The van der Waals surface area contributed by atoms with Crippen molar-refractivity contribution < 1.29 is 5.11 Å². The molecule has 1 aromatic rings. The third-order valence-electron chi connectivity index (χ3n) is 3.97. The Morgan fingerprint density at radius 3 is 2.58 bits per heavy atom. The van der Waals surface area contributed by atoms with Crippen molar-refractivity contribution in [3.05, 3.63) is 32.7 Å². The molecule has 0 unspecified atom stereocenters. The van der Waals surface area contributed by atoms with Gasteiger partial charge >= 0.3 is 0 Å². The second-order valence-electron chi connectivity index (χ2n) is 5.76. The molecule has 1 aliphatic carbocycles. The van der Waals surface area contributed by atoms with E-state index in [1.807, 2.05) is 6.07 Å². The Balaban J connectivity index is 1.81. The summed E-state index contributed by atoms with van der Waals surface area (Å²) in [5, 5.41) is 13.9. The second kappa shape index (κ2) is 6.70. The highest BCUT2D eigenvalue weighted by Crippen LogP contribution is 2.31. The fourth-order valence-electron chi connectivity index (χ4n) is 2.57. The van der Waals surface area contributed by atoms with Gasteiger partial charge in [0.15, 0.2) is 0 Å². The van der Waals surface area contributed by atoms with E-state index in [9.17, 15) is 5.11 Å². The van der Waals surface area contributed by atoms with Crippen LogP contribution in [0.15, 0.2) is 27.1 Å². The zero-order chi connectivity index (χ0) is 13.9. The lowest BCUT2D eigenvalue weighted by molar-refractivity contribution is -0.00630. The number of rotatable bonds is 4. The molecule has 0 atom stereocenters. The van der Waals surface area contributed by atoms with Crippen molar-refractivity contribution >= 4 is 31.9 Å². The highest BCUT2D eigenvalue weighted by molar-refractivity contribution is 9.13. The van der Waals surface area contributed by atoms with Gasteiger partial charge in [-0.05, 0) is 81.2 Å². The van der Waals surface area contributed by atoms with Crippen molar-refractivity contribution in [2.45, 2.75) is 44.8 Å². The molecule has 106 valence electrons. The highest BCUT2D eigenvalue weighted by Gasteiger charge is 2.31. The molecule has 2 nitrogen and oxygen atoms in total. The molecule has 0 heterocycles. The van der Waals surface area contributed by atoms with Crippen molar-refractivity contribution in [3.63, 3.8) is 0 Å². The first-order valence-corrected chi connectivity index (χ1v) is 8.44. The fraction of sp³-hybridized carbons (Fsp3) is 0.600. The molecule has 0 aromatic heterocycles. The highest BCUT2D eigenvalue weighted by atomic mass is 79.9. The maximum absolute atomic E-state index is 10.5. The molecule has 1 fully saturated rings. The predicted octanol–water partition coefficient (Wildman–Crippen LogP) is 4.24. The fourth-order valence-corrected chi connectivity index (χ4v) is 3.24. The summed E-state index contributed by atoms with van der Waals surface area (Å²) < 4.78 is 2.13. The van der Waals surface area contributed by atoms with Crippen LogP contribution in [0.2, 0.25) is 0 Å². The minimum atomic E-state index is -0.501. The summed E-state index contributed by atoms with van der Waals surface area (Å²) in [6, 6.07) is 6.23. The number of hydrogen-bond acceptors (Lipinski definition) is 2. The second-order valence-corrected chi connectivity index (χ2v) is 7.47. The minimum absolute atomic E-state index is 0.501. The van der Waals surface area contributed by atoms with Gasteiger partial charge in [0.2, 0.25) is 0 Å². The Bertz CT molecular complexity index is 428. The molecular formula is C15H21Br2NO. The summed E-state index contributed by atoms with van der Waals surface area (Å²) in [5.41, 5.74) is 0.724. The summed E-state index contributed by atoms with van der Waals surface area (Å²) in [7, 11) is 0. The molecule has 0 spiro atoms. The van der Waals surface area contributed by atoms with Crippen LogP contribution in [0.5, 0.6) is 0 Å². The topological polar surface area (TPSA) is 32.3 Å². The van der Waals surface area contributed by atoms with E-state index in [4.69, 9.17) is 0 Å². The van der Waals surface area contributed by atoms with Gasteiger partial charge in [-0.3, -0.25) is 0 Å². The Hall–Kier alpha value is 0.1000. The molecule has 2 rings (SSSR count). The van der Waals surface area contributed by atoms with Crippen molar-refractivity contribution in [2.75, 3.05) is 6.54 Å². The van der Waals surface area contributed by atoms with Crippen LogP contribution < -0.4 is 5.32 Å². The number of halogens is 2. The SMILES string of the molecule is CC1CCC(O)(CNCc2ccc(Br)c(Br)c2)CC1. The van der Waals surface area contributed by atoms with Gasteiger partial charge in [0, 0.05) is 22.0 Å². The summed E-state index contributed by atoms with van der Waals surface area (Å²) in [6.45, 7) is 3.75. The predicted molar refractivity (Wildman–Crippen MR) is 86.1 cm³/mol. The molecule has 4 heteroatoms. The molecule has 0 aliphatic heterocycles. The Morgan fingerprint density at radius 1 is 1.26 bits per heavy atom. The van der Waals surface area contributed by atoms with Crippen LogP contribution >= 0.6 is 31.9 Å². The number of aliphatic hydroxyl groups is 1. The van der Waals surface area contributed by atoms with E-state index in [1.54, 1.807) is 0 Å². The first-order valence-electron chi connectivity index (χ1n) is 6.85. The largest absolute Gasteiger partial charge is 0.389 e. The summed E-state index contributed by atoms with van der Waals surface area (Å²) in [4.78, 5) is 0. The maximum atomic E-state index is 10.5. The van der Waals surface area contributed by atoms with Crippen LogP contribution in [0.4, 0.5) is 0 Å². The molecule has 0 radical (unpaired) electrons. The van der Waals surface area contributed by atoms with Gasteiger partial charge in [-0.25, -0.2) is 0 Å². The van der Waals surface area contributed by atoms with E-state index in [0.717, 1.165) is 47.1 Å². The van der Waals surface area contributed by atoms with E-state index in [-0.39, 0.29) is 0 Å². The van der Waals surface area contributed by atoms with Gasteiger partial charge in [0.1, 0.15) is 0 Å². The number of hydrogen-bond donors (Lipinski definition) is 2. The van der Waals surface area contributed by atoms with Gasteiger partial charge < -0.3 is 10.4 Å². The Kier molecular flexibility index (Phi) is 5.46. The normalized spacial score (nSPS) is 27.5. The summed E-state index contributed by atoms with van der Waals surface area (Å²) in [6.07, 6.45) is 4.13. The van der Waals surface area contributed by atoms with E-state index >= 15 is 0 Å². The van der Waals surface area contributed by atoms with Gasteiger partial charge in [-0.1, -0.05) is 13.0 Å². The van der Waals surface area contributed by atoms with Gasteiger partial charge in [0.05, 0.1) is 5.60 Å². The summed E-state index contributed by atoms with van der Waals surface area (Å²) >= 11 is 6.97. The molecule has 1 saturated carbocycles. The van der Waals surface area contributed by atoms with E-state index in [0.29, 0.717) is 6.54 Å². The van der Waals surface area contributed by atoms with Crippen molar-refractivity contribution in [3.8, 4) is 0 Å². The van der Waals surface area contributed by atoms with Crippen molar-refractivity contribution in [1.29, 1.82) is 0 Å². The van der Waals surface area contributed by atoms with Crippen LogP contribution in [-0.2, 0) is 6.54 Å². The molecule has 0 amide bonds. The lowest BCUT2D eigenvalue weighted by Crippen LogP contribution is -2.43. The van der Waals surface area contributed by atoms with E-state index in [2.05, 4.69) is 56.2 Å². The molecule has 1 aromatic carbocycles. The van der Waals surface area contributed by atoms with Gasteiger partial charge in [0.25, 0.3) is 0 Å². The van der Waals surface area contributed by atoms with E-state index in [1.165, 1.54) is 5.56 Å². The van der Waals surface area contributed by atoms with Crippen LogP contribution in [0.25, 0.3) is 0 Å². The zero-order valence-electron chi connectivity index (χ0n) is 11.3. The molecule has 0 saturated heterocycles. The smallest absolute Gasteiger partial charge is 0.0771 e. The number of nitrogens with one attached hydrogen (secondary N) is 1. The quantitative estimate of drug-likeness (QED) is 0.805. The van der Waals surface area contributed by atoms with Crippen LogP contribution in [0, 0.1) is 5.92 Å². The van der Waals surface area contributed by atoms with Crippen LogP contribution in [-0.4, -0.2) is 17.3 Å². The van der Waals surface area contributed by atoms with Crippen LogP contribution in [0.1, 0.15) is 38.2 Å². The molecule has 1 aliphatic rings. The first-order chi connectivity index (χ1) is 8.98. The monoisotopic (exact) mass is 389 g/mol. The minimum Gasteiger partial charge on any atom is -0.389 e. The average Bonchev–Trinajstić information content (AvgIpc) is 2.38. The zero-order valence-corrected chi connectivity index (χ0v) is 14.4. The molecule has 2 N–H and O–H groups in total. The number of benzene rings is 1. The third-order valence-corrected chi connectivity index (χ3v) is 5.85. The first kappa shape index (κ1) is 15.5. The average molecular weight is 391 g/mol. The summed E-state index contributed by atoms with van der Waals surface area (Å²) in [5.74, 6) is 0.766. The third kappa shape index (κ3) is 4.55. The Morgan fingerprint density at radius 2 is 1.95 bits per heavy atom. The van der Waals surface area contributed by atoms with Crippen molar-refractivity contribution in [1.82, 2.24) is 5.32 Å². The van der Waals surface area contributed by atoms with Crippen molar-refractivity contribution in [2.24, 2.45) is 5.92 Å². The lowest BCUT2D eigenvalue weighted by atomic mass is 9.79. The van der Waals surface area contributed by atoms with Gasteiger partial charge in [-0.2, -0.15) is 0 Å². The van der Waals surface area contributed by atoms with Crippen LogP contribution in [0.3, 0.4) is 0 Å². The lowest BCUT2D eigenvalue weighted by Gasteiger charge is -2.35. The molecule has 19 heavy (non-hydrogen) atoms. The van der Waals surface area contributed by atoms with E-state index < -0.39 is 5.60 Å². The Labute approximate surface area is 132 Å².